The van der Waals surface area contributed by atoms with Crippen molar-refractivity contribution in [3.63, 3.8) is 0 Å². The number of nitrogens with zero attached hydrogens (tertiary/aromatic N) is 3. The lowest BCUT2D eigenvalue weighted by atomic mass is 9.73. The number of aryl methyl sites for hydroxylation is 1. The van der Waals surface area contributed by atoms with E-state index in [4.69, 9.17) is 4.74 Å². The first-order chi connectivity index (χ1) is 26.4. The van der Waals surface area contributed by atoms with Crippen LogP contribution in [-0.2, 0) is 11.2 Å². The molecule has 0 aliphatic carbocycles. The molecule has 0 bridgehead atoms. The number of amides is 3. The van der Waals surface area contributed by atoms with E-state index in [1.54, 1.807) is 18.3 Å². The number of thiophene rings is 1. The quantitative estimate of drug-likeness (QED) is 0.134. The second kappa shape index (κ2) is 14.2. The van der Waals surface area contributed by atoms with Crippen LogP contribution in [0.1, 0.15) is 54.4 Å². The van der Waals surface area contributed by atoms with Gasteiger partial charge in [0.1, 0.15) is 23.1 Å². The number of hydrogen-bond acceptors (Lipinski definition) is 7. The predicted molar refractivity (Wildman–Crippen MR) is 197 cm³/mol. The summed E-state index contributed by atoms with van der Waals surface area (Å²) in [5, 5.41) is 5.05. The lowest BCUT2D eigenvalue weighted by Crippen LogP contribution is -2.59. The fourth-order valence-corrected chi connectivity index (χ4v) is 8.57. The Kier molecular flexibility index (Phi) is 9.37. The van der Waals surface area contributed by atoms with Gasteiger partial charge in [0.05, 0.1) is 21.7 Å². The molecule has 9 nitrogen and oxygen atoms in total. The smallest absolute Gasteiger partial charge is 0.265 e. The van der Waals surface area contributed by atoms with Crippen molar-refractivity contribution in [2.45, 2.75) is 26.2 Å². The van der Waals surface area contributed by atoms with Crippen LogP contribution in [0, 0.1) is 41.4 Å². The Balaban J connectivity index is 1.02. The maximum Gasteiger partial charge on any atom is 0.265 e. The average Bonchev–Trinajstić information content (AvgIpc) is 3.52. The predicted octanol–water partition coefficient (Wildman–Crippen LogP) is 8.14. The number of rotatable bonds is 6. The number of ether oxygens (including phenoxy) is 1. The molecule has 1 spiro atoms. The lowest BCUT2D eigenvalue weighted by Gasteiger charge is -2.53. The molecule has 5 aromatic rings. The summed E-state index contributed by atoms with van der Waals surface area (Å²) in [7, 11) is 0. The maximum atomic E-state index is 15.7. The number of hydrogen-bond donors (Lipinski definition) is 2. The molecule has 2 N–H and O–H groups in total. The molecule has 0 unspecified atom stereocenters. The Hall–Kier alpha value is -5.67. The Morgan fingerprint density at radius 1 is 0.855 bits per heavy atom. The van der Waals surface area contributed by atoms with Gasteiger partial charge in [-0.05, 0) is 91.9 Å². The SMILES string of the molecule is Cc1cc(F)c(NC(=O)c2cc3c(s2)-c2c(cc(F)c(F)c2F)N(C(=O)c2ccc(NC(=O)c4cccnc4N4CC5(CCOCC5)C4)cc2)CC3)c(F)c1. The monoisotopic (exact) mass is 773 g/mol. The van der Waals surface area contributed by atoms with Gasteiger partial charge in [0.25, 0.3) is 17.7 Å². The first-order valence-corrected chi connectivity index (χ1v) is 18.3. The fraction of sp³-hybridized carbons (Fsp3) is 0.250. The molecular formula is C40H32F5N5O4S. The molecule has 0 radical (unpaired) electrons. The van der Waals surface area contributed by atoms with Crippen LogP contribution in [0.3, 0.4) is 0 Å². The van der Waals surface area contributed by atoms with Gasteiger partial charge in [-0.15, -0.1) is 11.3 Å². The highest BCUT2D eigenvalue weighted by Crippen LogP contribution is 2.45. The van der Waals surface area contributed by atoms with Crippen LogP contribution in [0.15, 0.2) is 66.9 Å². The molecule has 5 heterocycles. The summed E-state index contributed by atoms with van der Waals surface area (Å²) >= 11 is 0.714. The molecule has 3 aliphatic heterocycles. The first-order valence-electron chi connectivity index (χ1n) is 17.5. The van der Waals surface area contributed by atoms with Crippen LogP contribution < -0.4 is 20.4 Å². The van der Waals surface area contributed by atoms with E-state index < -0.39 is 58.1 Å². The third-order valence-corrected chi connectivity index (χ3v) is 11.5. The lowest BCUT2D eigenvalue weighted by molar-refractivity contribution is -0.000510. The van der Waals surface area contributed by atoms with Crippen molar-refractivity contribution in [2.75, 3.05) is 53.3 Å². The van der Waals surface area contributed by atoms with Crippen LogP contribution in [0.4, 0.5) is 44.8 Å². The van der Waals surface area contributed by atoms with E-state index in [0.717, 1.165) is 62.2 Å². The summed E-state index contributed by atoms with van der Waals surface area (Å²) in [5.74, 6) is -8.19. The maximum absolute atomic E-state index is 15.7. The number of carbonyl (C=O) groups excluding carboxylic acids is 3. The Morgan fingerprint density at radius 2 is 1.56 bits per heavy atom. The molecule has 2 fully saturated rings. The van der Waals surface area contributed by atoms with Crippen molar-refractivity contribution < 1.29 is 41.1 Å². The first kappa shape index (κ1) is 36.3. The van der Waals surface area contributed by atoms with Crippen LogP contribution in [0.5, 0.6) is 0 Å². The summed E-state index contributed by atoms with van der Waals surface area (Å²) in [6, 6.07) is 13.5. The van der Waals surface area contributed by atoms with E-state index in [2.05, 4.69) is 20.5 Å². The van der Waals surface area contributed by atoms with Gasteiger partial charge >= 0.3 is 0 Å². The topological polar surface area (TPSA) is 104 Å². The summed E-state index contributed by atoms with van der Waals surface area (Å²) in [6.07, 6.45) is 3.61. The highest BCUT2D eigenvalue weighted by Gasteiger charge is 2.45. The minimum absolute atomic E-state index is 0.0446. The number of anilines is 4. The van der Waals surface area contributed by atoms with E-state index >= 15 is 4.39 Å². The minimum Gasteiger partial charge on any atom is -0.381 e. The van der Waals surface area contributed by atoms with Gasteiger partial charge in [-0.1, -0.05) is 0 Å². The van der Waals surface area contributed by atoms with Crippen molar-refractivity contribution >= 4 is 51.9 Å². The zero-order chi connectivity index (χ0) is 38.6. The Labute approximate surface area is 315 Å². The van der Waals surface area contributed by atoms with Crippen molar-refractivity contribution in [3.05, 3.63) is 123 Å². The van der Waals surface area contributed by atoms with Gasteiger partial charge in [0.15, 0.2) is 17.5 Å². The standard InChI is InChI=1S/C40H32F5N5O4S/c1-21-15-27(42)34(28(43)16-21)48-38(52)30-17-23-8-12-50(29-18-26(41)32(44)33(45)31(29)35(23)55-30)39(53)22-4-6-24(7-5-22)47-37(51)25-3-2-11-46-36(25)49-19-40(20-49)9-13-54-14-10-40/h2-7,11,15-18H,8-10,12-14,19-20H2,1H3,(H,47,51)(H,48,52). The van der Waals surface area contributed by atoms with Crippen molar-refractivity contribution in [1.29, 1.82) is 0 Å². The Bertz CT molecular complexity index is 2350. The highest BCUT2D eigenvalue weighted by atomic mass is 32.1. The molecule has 3 amide bonds. The fourth-order valence-electron chi connectivity index (χ4n) is 7.42. The molecule has 0 atom stereocenters. The van der Waals surface area contributed by atoms with E-state index in [0.29, 0.717) is 39.5 Å². The second-order valence-corrected chi connectivity index (χ2v) is 15.0. The number of halogens is 5. The number of aromatic nitrogens is 1. The Morgan fingerprint density at radius 3 is 2.27 bits per heavy atom. The summed E-state index contributed by atoms with van der Waals surface area (Å²) in [5.41, 5.74) is 0.346. The molecular weight excluding hydrogens is 742 g/mol. The molecule has 55 heavy (non-hydrogen) atoms. The zero-order valence-electron chi connectivity index (χ0n) is 29.3. The molecule has 2 aromatic heterocycles. The van der Waals surface area contributed by atoms with Gasteiger partial charge < -0.3 is 25.2 Å². The van der Waals surface area contributed by atoms with Gasteiger partial charge in [0.2, 0.25) is 0 Å². The van der Waals surface area contributed by atoms with Gasteiger partial charge in [0, 0.05) is 66.7 Å². The number of fused-ring (bicyclic) bond motifs is 3. The highest BCUT2D eigenvalue weighted by molar-refractivity contribution is 7.17. The third-order valence-electron chi connectivity index (χ3n) is 10.3. The molecule has 3 aliphatic rings. The summed E-state index contributed by atoms with van der Waals surface area (Å²) in [6.45, 7) is 4.38. The number of carbonyl (C=O) groups is 3. The molecule has 0 saturated carbocycles. The average molecular weight is 774 g/mol. The number of pyridine rings is 1. The largest absolute Gasteiger partial charge is 0.381 e. The second-order valence-electron chi connectivity index (χ2n) is 14.0. The molecule has 15 heteroatoms. The van der Waals surface area contributed by atoms with E-state index in [1.807, 2.05) is 0 Å². The molecule has 282 valence electrons. The van der Waals surface area contributed by atoms with Gasteiger partial charge in [-0.3, -0.25) is 14.4 Å². The van der Waals surface area contributed by atoms with Crippen LogP contribution in [0.2, 0.25) is 0 Å². The molecule has 3 aromatic carbocycles. The van der Waals surface area contributed by atoms with Crippen molar-refractivity contribution in [3.8, 4) is 10.4 Å². The van der Waals surface area contributed by atoms with E-state index in [9.17, 15) is 31.9 Å². The minimum atomic E-state index is -1.77. The van der Waals surface area contributed by atoms with Gasteiger partial charge in [-0.2, -0.15) is 0 Å². The molecule has 8 rings (SSSR count). The number of nitrogens with one attached hydrogen (secondary N) is 2. The number of benzene rings is 3. The summed E-state index contributed by atoms with van der Waals surface area (Å²) < 4.78 is 79.7. The van der Waals surface area contributed by atoms with Crippen molar-refractivity contribution in [2.24, 2.45) is 5.41 Å². The van der Waals surface area contributed by atoms with E-state index in [-0.39, 0.29) is 39.4 Å². The van der Waals surface area contributed by atoms with Crippen LogP contribution in [-0.4, -0.2) is 55.6 Å². The zero-order valence-corrected chi connectivity index (χ0v) is 30.1. The van der Waals surface area contributed by atoms with E-state index in [1.165, 1.54) is 37.3 Å². The van der Waals surface area contributed by atoms with Crippen LogP contribution in [0.25, 0.3) is 10.4 Å². The summed E-state index contributed by atoms with van der Waals surface area (Å²) in [4.78, 5) is 48.2. The third kappa shape index (κ3) is 6.71. The van der Waals surface area contributed by atoms with Crippen molar-refractivity contribution in [1.82, 2.24) is 4.98 Å². The van der Waals surface area contributed by atoms with Gasteiger partial charge in [-0.25, -0.2) is 26.9 Å². The normalized spacial score (nSPS) is 15.8. The molecule has 2 saturated heterocycles. The van der Waals surface area contributed by atoms with Crippen LogP contribution >= 0.6 is 11.3 Å².